The van der Waals surface area contributed by atoms with Crippen molar-refractivity contribution >= 4 is 5.57 Å². The van der Waals surface area contributed by atoms with Crippen molar-refractivity contribution in [2.24, 2.45) is 16.7 Å². The van der Waals surface area contributed by atoms with Crippen LogP contribution in [-0.4, -0.2) is 9.97 Å². The van der Waals surface area contributed by atoms with Gasteiger partial charge in [-0.15, -0.1) is 0 Å². The van der Waals surface area contributed by atoms with Crippen LogP contribution in [0.2, 0.25) is 0 Å². The lowest BCUT2D eigenvalue weighted by Gasteiger charge is -2.50. The summed E-state index contributed by atoms with van der Waals surface area (Å²) in [4.78, 5) is 8.92. The van der Waals surface area contributed by atoms with Crippen molar-refractivity contribution in [3.05, 3.63) is 29.4 Å². The highest BCUT2D eigenvalue weighted by molar-refractivity contribution is 5.76. The van der Waals surface area contributed by atoms with Crippen LogP contribution in [0.5, 0.6) is 0 Å². The Morgan fingerprint density at radius 3 is 2.55 bits per heavy atom. The van der Waals surface area contributed by atoms with E-state index in [0.717, 1.165) is 6.42 Å². The second-order valence-corrected chi connectivity index (χ2v) is 8.00. The first-order valence-electron chi connectivity index (χ1n) is 7.79. The molecule has 0 N–H and O–H groups in total. The van der Waals surface area contributed by atoms with Crippen molar-refractivity contribution in [3.63, 3.8) is 0 Å². The second-order valence-electron chi connectivity index (χ2n) is 8.00. The standard InChI is InChI=1S/C18H26N2/c1-11-7-14-15(16-13(11)9-19-10-20-16)17(3,4)8-12(2)18(14,5)6/h9-12H,7-8H2,1-6H3. The summed E-state index contributed by atoms with van der Waals surface area (Å²) in [6.45, 7) is 14.3. The summed E-state index contributed by atoms with van der Waals surface area (Å²) in [5.41, 5.74) is 6.20. The molecule has 0 saturated carbocycles. The maximum Gasteiger partial charge on any atom is 0.116 e. The molecule has 0 aromatic carbocycles. The first-order chi connectivity index (χ1) is 9.25. The fourth-order valence-corrected chi connectivity index (χ4v) is 4.31. The Bertz CT molecular complexity index is 581. The van der Waals surface area contributed by atoms with Gasteiger partial charge in [-0.05, 0) is 46.6 Å². The number of nitrogens with zero attached hydrogens (tertiary/aromatic N) is 2. The third-order valence-electron chi connectivity index (χ3n) is 5.82. The van der Waals surface area contributed by atoms with Crippen molar-refractivity contribution in [3.8, 4) is 0 Å². The SMILES string of the molecule is CC1CC2=C(c3ncncc31)C(C)(C)CC(C)C2(C)C. The molecule has 0 fully saturated rings. The third kappa shape index (κ3) is 1.77. The number of hydrogen-bond donors (Lipinski definition) is 0. The van der Waals surface area contributed by atoms with E-state index in [-0.39, 0.29) is 10.8 Å². The van der Waals surface area contributed by atoms with Gasteiger partial charge in [-0.3, -0.25) is 0 Å². The normalized spacial score (nSPS) is 30.7. The summed E-state index contributed by atoms with van der Waals surface area (Å²) >= 11 is 0. The molecular formula is C18H26N2. The topological polar surface area (TPSA) is 25.8 Å². The Balaban J connectivity index is 2.30. The number of hydrogen-bond acceptors (Lipinski definition) is 2. The van der Waals surface area contributed by atoms with Crippen LogP contribution in [0, 0.1) is 16.7 Å². The molecule has 2 aliphatic rings. The van der Waals surface area contributed by atoms with E-state index in [1.54, 1.807) is 11.9 Å². The van der Waals surface area contributed by atoms with Crippen LogP contribution in [0.25, 0.3) is 5.57 Å². The van der Waals surface area contributed by atoms with Gasteiger partial charge >= 0.3 is 0 Å². The summed E-state index contributed by atoms with van der Waals surface area (Å²) in [7, 11) is 0. The Hall–Kier alpha value is -1.18. The lowest BCUT2D eigenvalue weighted by molar-refractivity contribution is 0.186. The molecule has 2 nitrogen and oxygen atoms in total. The first kappa shape index (κ1) is 13.8. The van der Waals surface area contributed by atoms with E-state index >= 15 is 0 Å². The van der Waals surface area contributed by atoms with Gasteiger partial charge in [0.05, 0.1) is 5.69 Å². The zero-order valence-electron chi connectivity index (χ0n) is 13.6. The largest absolute Gasteiger partial charge is 0.244 e. The Morgan fingerprint density at radius 2 is 1.85 bits per heavy atom. The van der Waals surface area contributed by atoms with Crippen LogP contribution in [-0.2, 0) is 0 Å². The Labute approximate surface area is 122 Å². The van der Waals surface area contributed by atoms with E-state index in [2.05, 4.69) is 51.5 Å². The van der Waals surface area contributed by atoms with Gasteiger partial charge in [-0.1, -0.05) is 47.1 Å². The summed E-state index contributed by atoms with van der Waals surface area (Å²) < 4.78 is 0. The van der Waals surface area contributed by atoms with Crippen molar-refractivity contribution in [1.82, 2.24) is 9.97 Å². The van der Waals surface area contributed by atoms with E-state index in [4.69, 9.17) is 0 Å². The van der Waals surface area contributed by atoms with E-state index in [9.17, 15) is 0 Å². The summed E-state index contributed by atoms with van der Waals surface area (Å²) in [6.07, 6.45) is 6.13. The number of aromatic nitrogens is 2. The maximum atomic E-state index is 4.67. The average Bonchev–Trinajstić information content (AvgIpc) is 2.36. The molecular weight excluding hydrogens is 244 g/mol. The maximum absolute atomic E-state index is 4.67. The number of fused-ring (bicyclic) bond motifs is 2. The monoisotopic (exact) mass is 270 g/mol. The van der Waals surface area contributed by atoms with Crippen LogP contribution in [0.3, 0.4) is 0 Å². The van der Waals surface area contributed by atoms with E-state index in [1.807, 2.05) is 6.20 Å². The molecule has 2 aliphatic carbocycles. The van der Waals surface area contributed by atoms with Gasteiger partial charge in [0.2, 0.25) is 0 Å². The minimum Gasteiger partial charge on any atom is -0.244 e. The highest BCUT2D eigenvalue weighted by Crippen LogP contribution is 2.59. The highest BCUT2D eigenvalue weighted by Gasteiger charge is 2.47. The van der Waals surface area contributed by atoms with Gasteiger partial charge in [0.15, 0.2) is 0 Å². The fraction of sp³-hybridized carbons (Fsp3) is 0.667. The third-order valence-corrected chi connectivity index (χ3v) is 5.82. The molecule has 1 aromatic rings. The predicted molar refractivity (Wildman–Crippen MR) is 83.3 cm³/mol. The van der Waals surface area contributed by atoms with Crippen molar-refractivity contribution in [2.45, 2.75) is 60.3 Å². The average molecular weight is 270 g/mol. The first-order valence-corrected chi connectivity index (χ1v) is 7.79. The van der Waals surface area contributed by atoms with Gasteiger partial charge in [0, 0.05) is 6.20 Å². The molecule has 0 amide bonds. The minimum atomic E-state index is 0.216. The second kappa shape index (κ2) is 4.16. The van der Waals surface area contributed by atoms with Crippen LogP contribution >= 0.6 is 0 Å². The van der Waals surface area contributed by atoms with Gasteiger partial charge in [-0.2, -0.15) is 0 Å². The molecule has 2 unspecified atom stereocenters. The molecule has 2 atom stereocenters. The zero-order chi connectivity index (χ0) is 14.7. The van der Waals surface area contributed by atoms with E-state index in [1.165, 1.54) is 23.3 Å². The molecule has 3 rings (SSSR count). The molecule has 1 heterocycles. The lowest BCUT2D eigenvalue weighted by atomic mass is 9.54. The molecule has 0 bridgehead atoms. The van der Waals surface area contributed by atoms with E-state index in [0.29, 0.717) is 11.8 Å². The van der Waals surface area contributed by atoms with Gasteiger partial charge < -0.3 is 0 Å². The lowest BCUT2D eigenvalue weighted by Crippen LogP contribution is -2.39. The predicted octanol–water partition coefficient (Wildman–Crippen LogP) is 4.83. The smallest absolute Gasteiger partial charge is 0.116 e. The molecule has 0 radical (unpaired) electrons. The van der Waals surface area contributed by atoms with Gasteiger partial charge in [-0.25, -0.2) is 9.97 Å². The van der Waals surface area contributed by atoms with Crippen molar-refractivity contribution in [1.29, 1.82) is 0 Å². The quantitative estimate of drug-likeness (QED) is 0.675. The summed E-state index contributed by atoms with van der Waals surface area (Å²) in [5, 5.41) is 0. The molecule has 0 spiro atoms. The molecule has 2 heteroatoms. The van der Waals surface area contributed by atoms with Gasteiger partial charge in [0.1, 0.15) is 6.33 Å². The molecule has 1 aromatic heterocycles. The van der Waals surface area contributed by atoms with Crippen LogP contribution in [0.15, 0.2) is 18.1 Å². The molecule has 20 heavy (non-hydrogen) atoms. The minimum absolute atomic E-state index is 0.216. The van der Waals surface area contributed by atoms with Crippen molar-refractivity contribution < 1.29 is 0 Å². The highest BCUT2D eigenvalue weighted by atomic mass is 14.8. The summed E-state index contributed by atoms with van der Waals surface area (Å²) in [6, 6.07) is 0. The van der Waals surface area contributed by atoms with E-state index < -0.39 is 0 Å². The molecule has 0 aliphatic heterocycles. The van der Waals surface area contributed by atoms with Gasteiger partial charge in [0.25, 0.3) is 0 Å². The van der Waals surface area contributed by atoms with Crippen LogP contribution < -0.4 is 0 Å². The Morgan fingerprint density at radius 1 is 1.15 bits per heavy atom. The zero-order valence-corrected chi connectivity index (χ0v) is 13.6. The van der Waals surface area contributed by atoms with Crippen LogP contribution in [0.1, 0.15) is 71.6 Å². The Kier molecular flexibility index (Phi) is 2.87. The number of rotatable bonds is 0. The van der Waals surface area contributed by atoms with Crippen molar-refractivity contribution in [2.75, 3.05) is 0 Å². The molecule has 108 valence electrons. The molecule has 0 saturated heterocycles. The fourth-order valence-electron chi connectivity index (χ4n) is 4.31. The number of allylic oxidation sites excluding steroid dienone is 2. The summed E-state index contributed by atoms with van der Waals surface area (Å²) in [5.74, 6) is 1.25. The van der Waals surface area contributed by atoms with Crippen LogP contribution in [0.4, 0.5) is 0 Å².